The number of hydrogen-bond acceptors (Lipinski definition) is 2. The summed E-state index contributed by atoms with van der Waals surface area (Å²) in [5, 5.41) is 2.96. The second kappa shape index (κ2) is 5.53. The smallest absolute Gasteiger partial charge is 0.255 e. The number of carbonyl (C=O) groups is 1. The van der Waals surface area contributed by atoms with Crippen LogP contribution in [0.1, 0.15) is 27.2 Å². The van der Waals surface area contributed by atoms with Gasteiger partial charge in [0, 0.05) is 27.6 Å². The molecule has 0 saturated carbocycles. The summed E-state index contributed by atoms with van der Waals surface area (Å²) in [4.78, 5) is 16.3. The number of amides is 1. The predicted octanol–water partition coefficient (Wildman–Crippen LogP) is 4.02. The Labute approximate surface area is 121 Å². The molecule has 1 aromatic carbocycles. The number of anilines is 1. The maximum absolute atomic E-state index is 12.2. The Bertz CT molecular complexity index is 615. The molecule has 0 radical (unpaired) electrons. The van der Waals surface area contributed by atoms with Crippen molar-refractivity contribution in [3.05, 3.63) is 57.3 Å². The molecule has 3 nitrogen and oxygen atoms in total. The van der Waals surface area contributed by atoms with Crippen molar-refractivity contribution in [3.8, 4) is 0 Å². The van der Waals surface area contributed by atoms with Gasteiger partial charge in [0.1, 0.15) is 0 Å². The molecule has 0 unspecified atom stereocenters. The third kappa shape index (κ3) is 3.20. The number of rotatable bonds is 2. The maximum atomic E-state index is 12.2. The minimum absolute atomic E-state index is 0.112. The van der Waals surface area contributed by atoms with Crippen LogP contribution in [0.5, 0.6) is 0 Å². The van der Waals surface area contributed by atoms with E-state index < -0.39 is 0 Å². The molecule has 0 aliphatic rings. The highest BCUT2D eigenvalue weighted by atomic mass is 79.9. The van der Waals surface area contributed by atoms with Crippen molar-refractivity contribution >= 4 is 27.5 Å². The summed E-state index contributed by atoms with van der Waals surface area (Å²) in [7, 11) is 0. The van der Waals surface area contributed by atoms with Crippen LogP contribution in [0, 0.1) is 20.8 Å². The average Bonchev–Trinajstić information content (AvgIpc) is 2.33. The molecule has 1 heterocycles. The lowest BCUT2D eigenvalue weighted by molar-refractivity contribution is 0.102. The molecule has 1 N–H and O–H groups in total. The molecule has 0 aliphatic carbocycles. The molecule has 98 valence electrons. The van der Waals surface area contributed by atoms with Crippen LogP contribution in [-0.2, 0) is 0 Å². The van der Waals surface area contributed by atoms with Gasteiger partial charge in [0.25, 0.3) is 5.91 Å². The van der Waals surface area contributed by atoms with Crippen molar-refractivity contribution in [1.29, 1.82) is 0 Å². The molecule has 2 aromatic rings. The summed E-state index contributed by atoms with van der Waals surface area (Å²) in [6.07, 6.45) is 1.64. The van der Waals surface area contributed by atoms with Crippen molar-refractivity contribution < 1.29 is 4.79 Å². The maximum Gasteiger partial charge on any atom is 0.255 e. The van der Waals surface area contributed by atoms with Gasteiger partial charge < -0.3 is 5.32 Å². The first-order valence-electron chi connectivity index (χ1n) is 5.98. The fourth-order valence-corrected chi connectivity index (χ4v) is 2.67. The molecule has 0 fully saturated rings. The van der Waals surface area contributed by atoms with Gasteiger partial charge in [-0.2, -0.15) is 0 Å². The minimum Gasteiger partial charge on any atom is -0.322 e. The molecule has 0 bridgehead atoms. The molecule has 4 heteroatoms. The van der Waals surface area contributed by atoms with Crippen LogP contribution in [0.2, 0.25) is 0 Å². The van der Waals surface area contributed by atoms with Gasteiger partial charge in [-0.25, -0.2) is 0 Å². The Hall–Kier alpha value is -1.68. The lowest BCUT2D eigenvalue weighted by Gasteiger charge is -2.12. The number of nitrogens with zero attached hydrogens (tertiary/aromatic N) is 1. The Morgan fingerprint density at radius 3 is 2.37 bits per heavy atom. The monoisotopic (exact) mass is 318 g/mol. The molecule has 0 spiro atoms. The zero-order valence-electron chi connectivity index (χ0n) is 11.1. The number of pyridine rings is 1. The highest BCUT2D eigenvalue weighted by Crippen LogP contribution is 2.25. The van der Waals surface area contributed by atoms with Crippen LogP contribution < -0.4 is 5.32 Å². The minimum atomic E-state index is -0.112. The van der Waals surface area contributed by atoms with Gasteiger partial charge in [-0.05, 0) is 56.2 Å². The van der Waals surface area contributed by atoms with E-state index in [-0.39, 0.29) is 5.91 Å². The van der Waals surface area contributed by atoms with E-state index in [9.17, 15) is 4.79 Å². The van der Waals surface area contributed by atoms with Crippen molar-refractivity contribution in [2.45, 2.75) is 20.8 Å². The summed E-state index contributed by atoms with van der Waals surface area (Å²) in [5.41, 5.74) is 4.38. The first-order chi connectivity index (χ1) is 8.97. The first-order valence-corrected chi connectivity index (χ1v) is 6.77. The van der Waals surface area contributed by atoms with Gasteiger partial charge in [-0.1, -0.05) is 15.9 Å². The second-order valence-electron chi connectivity index (χ2n) is 4.55. The van der Waals surface area contributed by atoms with Gasteiger partial charge >= 0.3 is 0 Å². The summed E-state index contributed by atoms with van der Waals surface area (Å²) in [5.74, 6) is -0.112. The number of carbonyl (C=O) groups excluding carboxylic acids is 1. The van der Waals surface area contributed by atoms with E-state index in [2.05, 4.69) is 26.2 Å². The number of aromatic nitrogens is 1. The van der Waals surface area contributed by atoms with E-state index in [0.29, 0.717) is 5.56 Å². The number of benzene rings is 1. The molecule has 0 aliphatic heterocycles. The third-order valence-corrected chi connectivity index (χ3v) is 3.35. The topological polar surface area (TPSA) is 42.0 Å². The van der Waals surface area contributed by atoms with E-state index in [4.69, 9.17) is 0 Å². The van der Waals surface area contributed by atoms with Crippen LogP contribution in [-0.4, -0.2) is 10.9 Å². The van der Waals surface area contributed by atoms with Crippen LogP contribution in [0.3, 0.4) is 0 Å². The molecular formula is C15H15BrN2O. The molecule has 1 aromatic heterocycles. The molecular weight excluding hydrogens is 304 g/mol. The van der Waals surface area contributed by atoms with Gasteiger partial charge in [-0.15, -0.1) is 0 Å². The van der Waals surface area contributed by atoms with Crippen molar-refractivity contribution in [2.24, 2.45) is 0 Å². The van der Waals surface area contributed by atoms with Gasteiger partial charge in [-0.3, -0.25) is 9.78 Å². The van der Waals surface area contributed by atoms with Crippen molar-refractivity contribution in [2.75, 3.05) is 5.32 Å². The van der Waals surface area contributed by atoms with Crippen LogP contribution in [0.15, 0.2) is 34.9 Å². The summed E-state index contributed by atoms with van der Waals surface area (Å²) in [6.45, 7) is 5.82. The first kappa shape index (κ1) is 13.7. The second-order valence-corrected chi connectivity index (χ2v) is 5.47. The number of nitrogens with one attached hydrogen (secondary N) is 1. The van der Waals surface area contributed by atoms with E-state index in [1.807, 2.05) is 32.9 Å². The number of hydrogen-bond donors (Lipinski definition) is 1. The normalized spacial score (nSPS) is 10.3. The van der Waals surface area contributed by atoms with Gasteiger partial charge in [0.15, 0.2) is 0 Å². The van der Waals surface area contributed by atoms with Crippen LogP contribution in [0.4, 0.5) is 5.69 Å². The van der Waals surface area contributed by atoms with Crippen LogP contribution in [0.25, 0.3) is 0 Å². The number of aryl methyl sites for hydroxylation is 3. The zero-order valence-corrected chi connectivity index (χ0v) is 12.7. The molecule has 1 amide bonds. The third-order valence-electron chi connectivity index (χ3n) is 2.89. The summed E-state index contributed by atoms with van der Waals surface area (Å²) < 4.78 is 1.01. The Morgan fingerprint density at radius 2 is 1.79 bits per heavy atom. The average molecular weight is 319 g/mol. The highest BCUT2D eigenvalue weighted by molar-refractivity contribution is 9.10. The van der Waals surface area contributed by atoms with Crippen LogP contribution >= 0.6 is 15.9 Å². The summed E-state index contributed by atoms with van der Waals surface area (Å²) >= 11 is 3.45. The fraction of sp³-hybridized carbons (Fsp3) is 0.200. The lowest BCUT2D eigenvalue weighted by Crippen LogP contribution is -2.14. The lowest BCUT2D eigenvalue weighted by atomic mass is 10.1. The molecule has 2 rings (SSSR count). The van der Waals surface area contributed by atoms with E-state index in [1.54, 1.807) is 18.3 Å². The fourth-order valence-electron chi connectivity index (χ4n) is 1.98. The SMILES string of the molecule is Cc1cc(C(=O)Nc2c(C)cc(Br)cc2C)ccn1. The predicted molar refractivity (Wildman–Crippen MR) is 80.5 cm³/mol. The summed E-state index contributed by atoms with van der Waals surface area (Å²) in [6, 6.07) is 7.46. The van der Waals surface area contributed by atoms with Crippen molar-refractivity contribution in [1.82, 2.24) is 4.98 Å². The largest absolute Gasteiger partial charge is 0.322 e. The van der Waals surface area contributed by atoms with E-state index in [1.165, 1.54) is 0 Å². The quantitative estimate of drug-likeness (QED) is 0.908. The Kier molecular flexibility index (Phi) is 4.00. The molecule has 0 atom stereocenters. The molecule has 19 heavy (non-hydrogen) atoms. The van der Waals surface area contributed by atoms with Crippen molar-refractivity contribution in [3.63, 3.8) is 0 Å². The van der Waals surface area contributed by atoms with E-state index in [0.717, 1.165) is 27.0 Å². The standard InChI is InChI=1S/C15H15BrN2O/c1-9-6-13(16)7-10(2)14(9)18-15(19)12-4-5-17-11(3)8-12/h4-8H,1-3H3,(H,18,19). The van der Waals surface area contributed by atoms with Gasteiger partial charge in [0.05, 0.1) is 0 Å². The Balaban J connectivity index is 2.29. The Morgan fingerprint density at radius 1 is 1.16 bits per heavy atom. The van der Waals surface area contributed by atoms with Gasteiger partial charge in [0.2, 0.25) is 0 Å². The highest BCUT2D eigenvalue weighted by Gasteiger charge is 2.10. The molecule has 0 saturated heterocycles. The zero-order chi connectivity index (χ0) is 14.0. The van der Waals surface area contributed by atoms with E-state index >= 15 is 0 Å². The number of halogens is 1.